The van der Waals surface area contributed by atoms with E-state index in [1.54, 1.807) is 0 Å². The minimum Gasteiger partial charge on any atom is -0.462 e. The smallest absolute Gasteiger partial charge is 0.306 e. The number of hydrogen-bond donors (Lipinski definition) is 0. The minimum absolute atomic E-state index is 0.0148. The third-order valence-corrected chi connectivity index (χ3v) is 2.58. The van der Waals surface area contributed by atoms with Gasteiger partial charge in [-0.05, 0) is 25.7 Å². The van der Waals surface area contributed by atoms with Crippen LogP contribution in [0.15, 0.2) is 0 Å². The van der Waals surface area contributed by atoms with E-state index in [1.165, 1.54) is 0 Å². The largest absolute Gasteiger partial charge is 0.462 e. The number of unbranched alkanes of at least 4 members (excludes halogenated alkanes) is 1. The lowest BCUT2D eigenvalue weighted by atomic mass is 10.1. The minimum atomic E-state index is -0.122. The molecule has 0 aromatic heterocycles. The van der Waals surface area contributed by atoms with Crippen LogP contribution in [0.3, 0.4) is 0 Å². The highest BCUT2D eigenvalue weighted by Crippen LogP contribution is 2.26. The fraction of sp³-hybridized carbons (Fsp3) is 0.818. The highest BCUT2D eigenvalue weighted by atomic mass is 16.5. The Morgan fingerprint density at radius 1 is 1.50 bits per heavy atom. The van der Waals surface area contributed by atoms with E-state index in [0.717, 1.165) is 25.7 Å². The second-order valence-electron chi connectivity index (χ2n) is 3.84. The van der Waals surface area contributed by atoms with Gasteiger partial charge in [0.2, 0.25) is 6.29 Å². The SMILES string of the molecule is CCCCC(=O)OC1CCC([C]=O)C1. The van der Waals surface area contributed by atoms with E-state index in [4.69, 9.17) is 4.74 Å². The quantitative estimate of drug-likeness (QED) is 0.633. The predicted molar refractivity (Wildman–Crippen MR) is 52.4 cm³/mol. The number of hydrogen-bond acceptors (Lipinski definition) is 3. The maximum absolute atomic E-state index is 11.2. The Morgan fingerprint density at radius 3 is 2.86 bits per heavy atom. The van der Waals surface area contributed by atoms with Gasteiger partial charge in [0, 0.05) is 12.3 Å². The van der Waals surface area contributed by atoms with Crippen molar-refractivity contribution in [3.63, 3.8) is 0 Å². The first kappa shape index (κ1) is 11.2. The van der Waals surface area contributed by atoms with Gasteiger partial charge in [-0.25, -0.2) is 0 Å². The fourth-order valence-corrected chi connectivity index (χ4v) is 1.72. The molecule has 0 spiro atoms. The summed E-state index contributed by atoms with van der Waals surface area (Å²) in [5.74, 6) is -0.137. The van der Waals surface area contributed by atoms with Crippen molar-refractivity contribution in [1.82, 2.24) is 0 Å². The van der Waals surface area contributed by atoms with Crippen LogP contribution in [0.25, 0.3) is 0 Å². The van der Waals surface area contributed by atoms with Gasteiger partial charge in [-0.1, -0.05) is 13.3 Å². The highest BCUT2D eigenvalue weighted by molar-refractivity contribution is 5.69. The van der Waals surface area contributed by atoms with E-state index >= 15 is 0 Å². The van der Waals surface area contributed by atoms with Gasteiger partial charge in [0.25, 0.3) is 0 Å². The Kier molecular flexibility index (Phi) is 4.63. The molecule has 1 fully saturated rings. The zero-order valence-corrected chi connectivity index (χ0v) is 8.62. The molecule has 14 heavy (non-hydrogen) atoms. The molecular formula is C11H17O3. The van der Waals surface area contributed by atoms with Crippen molar-refractivity contribution < 1.29 is 14.3 Å². The molecule has 1 aliphatic carbocycles. The summed E-state index contributed by atoms with van der Waals surface area (Å²) in [5.41, 5.74) is 0. The van der Waals surface area contributed by atoms with Gasteiger partial charge in [-0.15, -0.1) is 0 Å². The predicted octanol–water partition coefficient (Wildman–Crippen LogP) is 2.00. The first-order valence-corrected chi connectivity index (χ1v) is 5.33. The molecule has 79 valence electrons. The molecule has 1 rings (SSSR count). The molecule has 1 radical (unpaired) electrons. The summed E-state index contributed by atoms with van der Waals surface area (Å²) in [7, 11) is 0. The standard InChI is InChI=1S/C11H17O3/c1-2-3-4-11(13)14-10-6-5-9(7-10)8-12/h9-10H,2-7H2,1H3. The van der Waals surface area contributed by atoms with E-state index in [0.29, 0.717) is 12.8 Å². The van der Waals surface area contributed by atoms with E-state index < -0.39 is 0 Å². The van der Waals surface area contributed by atoms with Gasteiger partial charge in [-0.3, -0.25) is 9.59 Å². The van der Waals surface area contributed by atoms with Crippen LogP contribution >= 0.6 is 0 Å². The van der Waals surface area contributed by atoms with Crippen LogP contribution in [0.2, 0.25) is 0 Å². The van der Waals surface area contributed by atoms with Crippen molar-refractivity contribution in [2.45, 2.75) is 51.6 Å². The molecule has 0 N–H and O–H groups in total. The van der Waals surface area contributed by atoms with Gasteiger partial charge in [0.1, 0.15) is 6.10 Å². The van der Waals surface area contributed by atoms with Crippen LogP contribution in [-0.2, 0) is 14.3 Å². The first-order valence-electron chi connectivity index (χ1n) is 5.33. The van der Waals surface area contributed by atoms with E-state index in [9.17, 15) is 9.59 Å². The summed E-state index contributed by atoms with van der Waals surface area (Å²) in [6.07, 6.45) is 6.62. The van der Waals surface area contributed by atoms with Gasteiger partial charge >= 0.3 is 5.97 Å². The third kappa shape index (κ3) is 3.48. The lowest BCUT2D eigenvalue weighted by molar-refractivity contribution is -0.148. The number of rotatable bonds is 5. The number of carbonyl (C=O) groups is 1. The molecule has 0 saturated heterocycles. The summed E-state index contributed by atoms with van der Waals surface area (Å²) in [6.45, 7) is 2.04. The summed E-state index contributed by atoms with van der Waals surface area (Å²) < 4.78 is 5.23. The van der Waals surface area contributed by atoms with Gasteiger partial charge < -0.3 is 4.74 Å². The monoisotopic (exact) mass is 197 g/mol. The Bertz CT molecular complexity index is 201. The zero-order valence-electron chi connectivity index (χ0n) is 8.62. The lowest BCUT2D eigenvalue weighted by Crippen LogP contribution is -2.15. The average Bonchev–Trinajstić information content (AvgIpc) is 2.62. The molecule has 0 bridgehead atoms. The Balaban J connectivity index is 2.18. The average molecular weight is 197 g/mol. The van der Waals surface area contributed by atoms with E-state index in [1.807, 2.05) is 13.2 Å². The molecule has 0 heterocycles. The topological polar surface area (TPSA) is 43.4 Å². The Hall–Kier alpha value is -0.860. The molecule has 1 aliphatic rings. The zero-order chi connectivity index (χ0) is 10.4. The third-order valence-electron chi connectivity index (χ3n) is 2.58. The van der Waals surface area contributed by atoms with Crippen molar-refractivity contribution in [1.29, 1.82) is 0 Å². The maximum atomic E-state index is 11.2. The van der Waals surface area contributed by atoms with Gasteiger partial charge in [-0.2, -0.15) is 0 Å². The molecule has 0 aromatic rings. The van der Waals surface area contributed by atoms with Crippen LogP contribution in [0.1, 0.15) is 45.4 Å². The van der Waals surface area contributed by atoms with Gasteiger partial charge in [0.15, 0.2) is 0 Å². The van der Waals surface area contributed by atoms with Crippen LogP contribution in [0.4, 0.5) is 0 Å². The summed E-state index contributed by atoms with van der Waals surface area (Å²) in [5, 5.41) is 0. The second kappa shape index (κ2) is 5.78. The van der Waals surface area contributed by atoms with E-state index in [2.05, 4.69) is 0 Å². The molecule has 3 nitrogen and oxygen atoms in total. The maximum Gasteiger partial charge on any atom is 0.306 e. The normalized spacial score (nSPS) is 26.1. The molecule has 0 amide bonds. The molecule has 3 heteroatoms. The summed E-state index contributed by atoms with van der Waals surface area (Å²) >= 11 is 0. The first-order chi connectivity index (χ1) is 6.76. The Labute approximate surface area is 84.8 Å². The van der Waals surface area contributed by atoms with Gasteiger partial charge in [0.05, 0.1) is 0 Å². The Morgan fingerprint density at radius 2 is 2.29 bits per heavy atom. The van der Waals surface area contributed by atoms with Crippen LogP contribution in [-0.4, -0.2) is 18.4 Å². The van der Waals surface area contributed by atoms with Crippen molar-refractivity contribution in [2.75, 3.05) is 0 Å². The van der Waals surface area contributed by atoms with E-state index in [-0.39, 0.29) is 18.0 Å². The molecule has 1 saturated carbocycles. The summed E-state index contributed by atoms with van der Waals surface area (Å²) in [6, 6.07) is 0. The number of esters is 1. The highest BCUT2D eigenvalue weighted by Gasteiger charge is 2.27. The molecular weight excluding hydrogens is 180 g/mol. The number of carbonyl (C=O) groups excluding carboxylic acids is 2. The molecule has 2 atom stereocenters. The van der Waals surface area contributed by atoms with Crippen LogP contribution in [0.5, 0.6) is 0 Å². The summed E-state index contributed by atoms with van der Waals surface area (Å²) in [4.78, 5) is 21.6. The second-order valence-corrected chi connectivity index (χ2v) is 3.84. The van der Waals surface area contributed by atoms with Crippen molar-refractivity contribution in [2.24, 2.45) is 5.92 Å². The van der Waals surface area contributed by atoms with Crippen molar-refractivity contribution in [3.05, 3.63) is 0 Å². The molecule has 0 aromatic carbocycles. The number of ether oxygens (including phenoxy) is 1. The molecule has 2 unspecified atom stereocenters. The fourth-order valence-electron chi connectivity index (χ4n) is 1.72. The van der Waals surface area contributed by atoms with Crippen LogP contribution in [0, 0.1) is 5.92 Å². The van der Waals surface area contributed by atoms with Crippen molar-refractivity contribution in [3.8, 4) is 0 Å². The van der Waals surface area contributed by atoms with Crippen LogP contribution < -0.4 is 0 Å². The molecule has 0 aliphatic heterocycles. The lowest BCUT2D eigenvalue weighted by Gasteiger charge is -2.10. The van der Waals surface area contributed by atoms with Crippen molar-refractivity contribution >= 4 is 12.3 Å².